The molecule has 4 N–H and O–H groups in total. The number of carboxylic acid groups (broad SMARTS) is 1. The van der Waals surface area contributed by atoms with Crippen molar-refractivity contribution in [1.82, 2.24) is 5.06 Å². The fourth-order valence-electron chi connectivity index (χ4n) is 6.84. The average molecular weight is 742 g/mol. The molecule has 268 valence electrons. The normalized spacial score (nSPS) is 17.9. The van der Waals surface area contributed by atoms with Crippen molar-refractivity contribution < 1.29 is 59.5 Å². The van der Waals surface area contributed by atoms with Crippen LogP contribution in [0.4, 0.5) is 5.69 Å². The Kier molecular flexibility index (Phi) is 8.57. The number of imide groups is 1. The van der Waals surface area contributed by atoms with Crippen LogP contribution in [-0.2, 0) is 45.9 Å². The second kappa shape index (κ2) is 12.3. The molecule has 1 saturated heterocycles. The van der Waals surface area contributed by atoms with Gasteiger partial charge in [-0.25, -0.2) is 9.59 Å². The number of nitrogens with one attached hydrogen (secondary N) is 1. The summed E-state index contributed by atoms with van der Waals surface area (Å²) >= 11 is 0. The zero-order valence-corrected chi connectivity index (χ0v) is 29.1. The van der Waals surface area contributed by atoms with Gasteiger partial charge in [-0.3, -0.25) is 23.7 Å². The quantitative estimate of drug-likeness (QED) is 0.120. The average Bonchev–Trinajstić information content (AvgIpc) is 3.32. The van der Waals surface area contributed by atoms with Gasteiger partial charge in [-0.2, -0.15) is 16.8 Å². The Balaban J connectivity index is 1.69. The molecule has 2 aromatic carbocycles. The number of hydroxylamine groups is 2. The molecular formula is C33H31N3O13S2. The van der Waals surface area contributed by atoms with Crippen LogP contribution in [0.25, 0.3) is 33.4 Å². The number of hydrogen-bond acceptors (Lipinski definition) is 12. The molecule has 51 heavy (non-hydrogen) atoms. The molecule has 16 nitrogen and oxygen atoms in total. The molecule has 1 fully saturated rings. The lowest BCUT2D eigenvalue weighted by Crippen LogP contribution is -2.37. The number of amides is 2. The van der Waals surface area contributed by atoms with Crippen molar-refractivity contribution in [2.75, 3.05) is 12.4 Å². The van der Waals surface area contributed by atoms with Gasteiger partial charge < -0.3 is 19.7 Å². The second-order valence-electron chi connectivity index (χ2n) is 13.0. The SMILES string of the molecule is C/N=c1\ccc2c(-c3ccc(CC(=O)ON4C(=O)CCC4=O)cc3C(=O)O)c3cc4c(c(S(=O)(=O)O)c3oc-2c1S(=O)(=O)O)NC(C)(C)CC4C. The lowest BCUT2D eigenvalue weighted by molar-refractivity contribution is -0.197. The first-order chi connectivity index (χ1) is 23.7. The van der Waals surface area contributed by atoms with Crippen LogP contribution in [0, 0.1) is 0 Å². The molecule has 1 aliphatic carbocycles. The molecule has 6 rings (SSSR count). The van der Waals surface area contributed by atoms with Gasteiger partial charge in [0.15, 0.2) is 21.1 Å². The van der Waals surface area contributed by atoms with Gasteiger partial charge in [-0.15, -0.1) is 5.06 Å². The predicted molar refractivity (Wildman–Crippen MR) is 178 cm³/mol. The summed E-state index contributed by atoms with van der Waals surface area (Å²) in [5.41, 5.74) is -1.32. The highest BCUT2D eigenvalue weighted by Crippen LogP contribution is 2.50. The Labute approximate surface area is 290 Å². The van der Waals surface area contributed by atoms with Crippen LogP contribution in [-0.4, -0.2) is 72.5 Å². The molecule has 3 aliphatic heterocycles. The van der Waals surface area contributed by atoms with Gasteiger partial charge >= 0.3 is 11.9 Å². The summed E-state index contributed by atoms with van der Waals surface area (Å²) in [7, 11) is -9.04. The number of carbonyl (C=O) groups is 4. The van der Waals surface area contributed by atoms with Gasteiger partial charge in [0, 0.05) is 41.9 Å². The van der Waals surface area contributed by atoms with Crippen LogP contribution in [0.5, 0.6) is 0 Å². The summed E-state index contributed by atoms with van der Waals surface area (Å²) in [6.07, 6.45) is -0.295. The molecule has 2 aromatic rings. The molecule has 0 spiro atoms. The predicted octanol–water partition coefficient (Wildman–Crippen LogP) is 3.77. The summed E-state index contributed by atoms with van der Waals surface area (Å²) in [6.45, 7) is 5.47. The van der Waals surface area contributed by atoms with E-state index in [0.717, 1.165) is 6.07 Å². The maximum Gasteiger partial charge on any atom is 0.337 e. The summed E-state index contributed by atoms with van der Waals surface area (Å²) < 4.78 is 79.1. The number of aromatic carboxylic acids is 1. The summed E-state index contributed by atoms with van der Waals surface area (Å²) in [5.74, 6) is -4.83. The highest BCUT2D eigenvalue weighted by atomic mass is 32.2. The minimum absolute atomic E-state index is 0.00479. The number of benzene rings is 3. The third-order valence-electron chi connectivity index (χ3n) is 8.80. The van der Waals surface area contributed by atoms with E-state index in [2.05, 4.69) is 10.3 Å². The number of carboxylic acids is 1. The molecule has 1 atom stereocenters. The molecule has 0 saturated carbocycles. The monoisotopic (exact) mass is 741 g/mol. The standard InChI is InChI=1S/C33H31N3O13S2/c1-15-14-33(2,3)35-27-19(15)13-21-26(17-6-5-16(11-20(17)32(40)41)12-25(39)49-36-23(37)9-10-24(36)38)18-7-8-22(34-4)30(50(42,43)44)28(18)48-29(21)31(27)51(45,46)47/h5-8,11,13,15,35H,9-10,12,14H2,1-4H3,(H,40,41)(H,42,43,44)(H,45,46,47)/b34-22+. The topological polar surface area (TPSA) is 247 Å². The molecule has 0 aromatic heterocycles. The zero-order chi connectivity index (χ0) is 37.4. The van der Waals surface area contributed by atoms with E-state index < -0.39 is 82.6 Å². The molecule has 0 bridgehead atoms. The van der Waals surface area contributed by atoms with E-state index in [-0.39, 0.29) is 57.4 Å². The van der Waals surface area contributed by atoms with Crippen LogP contribution in [0.15, 0.2) is 55.6 Å². The van der Waals surface area contributed by atoms with Crippen LogP contribution in [0.1, 0.15) is 67.4 Å². The lowest BCUT2D eigenvalue weighted by atomic mass is 9.80. The molecular weight excluding hydrogens is 711 g/mol. The minimum atomic E-state index is -5.15. The smallest absolute Gasteiger partial charge is 0.337 e. The molecule has 0 radical (unpaired) electrons. The van der Waals surface area contributed by atoms with Gasteiger partial charge in [-0.05, 0) is 67.1 Å². The maximum atomic E-state index is 13.2. The Morgan fingerprint density at radius 1 is 1.00 bits per heavy atom. The van der Waals surface area contributed by atoms with Crippen molar-refractivity contribution >= 4 is 60.6 Å². The van der Waals surface area contributed by atoms with Gasteiger partial charge in [-0.1, -0.05) is 19.1 Å². The second-order valence-corrected chi connectivity index (χ2v) is 15.7. The van der Waals surface area contributed by atoms with Crippen molar-refractivity contribution in [3.05, 3.63) is 58.4 Å². The van der Waals surface area contributed by atoms with Crippen molar-refractivity contribution in [3.8, 4) is 22.5 Å². The summed E-state index contributed by atoms with van der Waals surface area (Å²) in [4.78, 5) is 56.6. The van der Waals surface area contributed by atoms with Gasteiger partial charge in [0.05, 0.1) is 23.0 Å². The molecule has 3 heterocycles. The van der Waals surface area contributed by atoms with Crippen LogP contribution in [0.3, 0.4) is 0 Å². The molecule has 18 heteroatoms. The zero-order valence-electron chi connectivity index (χ0n) is 27.5. The first-order valence-corrected chi connectivity index (χ1v) is 18.3. The minimum Gasteiger partial charge on any atom is -0.478 e. The third-order valence-corrected chi connectivity index (χ3v) is 10.6. The highest BCUT2D eigenvalue weighted by molar-refractivity contribution is 7.86. The number of rotatable bonds is 7. The van der Waals surface area contributed by atoms with Crippen molar-refractivity contribution in [2.45, 2.75) is 67.7 Å². The van der Waals surface area contributed by atoms with Crippen LogP contribution >= 0.6 is 0 Å². The van der Waals surface area contributed by atoms with E-state index >= 15 is 0 Å². The highest BCUT2D eigenvalue weighted by Gasteiger charge is 2.38. The Morgan fingerprint density at radius 2 is 1.63 bits per heavy atom. The summed E-state index contributed by atoms with van der Waals surface area (Å²) in [5, 5.41) is 13.6. The van der Waals surface area contributed by atoms with E-state index in [1.807, 2.05) is 20.8 Å². The van der Waals surface area contributed by atoms with E-state index in [9.17, 15) is 50.2 Å². The van der Waals surface area contributed by atoms with E-state index in [0.29, 0.717) is 17.0 Å². The Morgan fingerprint density at radius 3 is 2.22 bits per heavy atom. The van der Waals surface area contributed by atoms with Crippen molar-refractivity contribution in [3.63, 3.8) is 0 Å². The Hall–Kier alpha value is -5.17. The first kappa shape index (κ1) is 35.6. The van der Waals surface area contributed by atoms with Crippen LogP contribution in [0.2, 0.25) is 0 Å². The lowest BCUT2D eigenvalue weighted by Gasteiger charge is -2.38. The van der Waals surface area contributed by atoms with Crippen molar-refractivity contribution in [1.29, 1.82) is 0 Å². The van der Waals surface area contributed by atoms with E-state index in [4.69, 9.17) is 9.25 Å². The van der Waals surface area contributed by atoms with Crippen molar-refractivity contribution in [2.24, 2.45) is 4.99 Å². The summed E-state index contributed by atoms with van der Waals surface area (Å²) in [6, 6.07) is 7.96. The van der Waals surface area contributed by atoms with Crippen LogP contribution < -0.4 is 10.7 Å². The van der Waals surface area contributed by atoms with Gasteiger partial charge in [0.1, 0.15) is 0 Å². The molecule has 1 unspecified atom stereocenters. The van der Waals surface area contributed by atoms with Gasteiger partial charge in [0.25, 0.3) is 32.1 Å². The van der Waals surface area contributed by atoms with E-state index in [1.54, 1.807) is 6.07 Å². The molecule has 4 aliphatic rings. The first-order valence-electron chi connectivity index (χ1n) is 15.4. The third kappa shape index (κ3) is 6.35. The van der Waals surface area contributed by atoms with Gasteiger partial charge in [0.2, 0.25) is 0 Å². The molecule has 2 amide bonds. The fraction of sp³-hybridized carbons (Fsp3) is 0.303. The number of carbonyl (C=O) groups excluding carboxylic acids is 3. The number of hydrogen-bond donors (Lipinski definition) is 4. The maximum absolute atomic E-state index is 13.2. The number of anilines is 1. The largest absolute Gasteiger partial charge is 0.478 e. The fourth-order valence-corrected chi connectivity index (χ4v) is 8.47. The van der Waals surface area contributed by atoms with E-state index in [1.165, 1.54) is 31.3 Å². The number of fused-ring (bicyclic) bond motifs is 3. The number of nitrogens with zero attached hydrogens (tertiary/aromatic N) is 2. The Bertz CT molecular complexity index is 2470.